The van der Waals surface area contributed by atoms with E-state index in [1.54, 1.807) is 0 Å². The molecule has 25 heavy (non-hydrogen) atoms. The van der Waals surface area contributed by atoms with Gasteiger partial charge in [0, 0.05) is 51.6 Å². The lowest BCUT2D eigenvalue weighted by molar-refractivity contribution is 0.0477. The van der Waals surface area contributed by atoms with Crippen molar-refractivity contribution in [2.75, 3.05) is 71.1 Å². The van der Waals surface area contributed by atoms with E-state index < -0.39 is 0 Å². The van der Waals surface area contributed by atoms with E-state index in [0.717, 1.165) is 58.9 Å². The molecule has 1 aliphatic rings. The first kappa shape index (κ1) is 20.2. The van der Waals surface area contributed by atoms with Crippen molar-refractivity contribution in [3.8, 4) is 0 Å². The maximum Gasteiger partial charge on any atom is 0.0701 e. The highest BCUT2D eigenvalue weighted by molar-refractivity contribution is 5.48. The molecule has 5 nitrogen and oxygen atoms in total. The predicted molar refractivity (Wildman–Crippen MR) is 104 cm³/mol. The fourth-order valence-electron chi connectivity index (χ4n) is 2.83. The Balaban J connectivity index is 1.52. The number of nitrogens with zero attached hydrogens (tertiary/aromatic N) is 2. The summed E-state index contributed by atoms with van der Waals surface area (Å²) in [5.74, 6) is 0. The summed E-state index contributed by atoms with van der Waals surface area (Å²) >= 11 is 0. The number of benzene rings is 1. The van der Waals surface area contributed by atoms with Crippen LogP contribution in [0.5, 0.6) is 0 Å². The second-order valence-electron chi connectivity index (χ2n) is 6.71. The van der Waals surface area contributed by atoms with Crippen molar-refractivity contribution >= 4 is 5.69 Å². The SMILES string of the molecule is CCCCOCCOCCNCc1ccc(N2CCN(C)CC2)cc1. The largest absolute Gasteiger partial charge is 0.379 e. The number of ether oxygens (including phenoxy) is 2. The Morgan fingerprint density at radius 3 is 2.28 bits per heavy atom. The van der Waals surface area contributed by atoms with Gasteiger partial charge < -0.3 is 24.6 Å². The molecular weight excluding hydrogens is 314 g/mol. The Kier molecular flexibility index (Phi) is 9.89. The summed E-state index contributed by atoms with van der Waals surface area (Å²) in [7, 11) is 2.19. The van der Waals surface area contributed by atoms with Crippen LogP contribution in [0.1, 0.15) is 25.3 Å². The maximum atomic E-state index is 5.56. The standard InChI is InChI=1S/C20H35N3O2/c1-3-4-14-24-16-17-25-15-9-21-18-19-5-7-20(8-6-19)23-12-10-22(2)11-13-23/h5-8,21H,3-4,9-18H2,1-2H3. The molecule has 0 saturated carbocycles. The number of unbranched alkanes of at least 4 members (excludes halogenated alkanes) is 1. The molecule has 142 valence electrons. The minimum absolute atomic E-state index is 0.686. The highest BCUT2D eigenvalue weighted by Crippen LogP contribution is 2.16. The first-order chi connectivity index (χ1) is 12.3. The Labute approximate surface area is 153 Å². The summed E-state index contributed by atoms with van der Waals surface area (Å²) in [4.78, 5) is 4.85. The third-order valence-electron chi connectivity index (χ3n) is 4.57. The summed E-state index contributed by atoms with van der Waals surface area (Å²) in [5.41, 5.74) is 2.66. The van der Waals surface area contributed by atoms with Gasteiger partial charge in [-0.3, -0.25) is 0 Å². The van der Waals surface area contributed by atoms with Crippen LogP contribution < -0.4 is 10.2 Å². The van der Waals surface area contributed by atoms with Crippen molar-refractivity contribution < 1.29 is 9.47 Å². The molecule has 1 N–H and O–H groups in total. The Hall–Kier alpha value is -1.14. The lowest BCUT2D eigenvalue weighted by Gasteiger charge is -2.34. The minimum atomic E-state index is 0.686. The Morgan fingerprint density at radius 2 is 1.60 bits per heavy atom. The Bertz CT molecular complexity index is 445. The fourth-order valence-corrected chi connectivity index (χ4v) is 2.83. The van der Waals surface area contributed by atoms with Crippen molar-refractivity contribution in [1.82, 2.24) is 10.2 Å². The van der Waals surface area contributed by atoms with E-state index in [4.69, 9.17) is 9.47 Å². The van der Waals surface area contributed by atoms with Crippen LogP contribution in [0.25, 0.3) is 0 Å². The number of rotatable bonds is 12. The van der Waals surface area contributed by atoms with Gasteiger partial charge in [-0.15, -0.1) is 0 Å². The summed E-state index contributed by atoms with van der Waals surface area (Å²) < 4.78 is 11.0. The van der Waals surface area contributed by atoms with Gasteiger partial charge in [0.15, 0.2) is 0 Å². The summed E-state index contributed by atoms with van der Waals surface area (Å²) in [5, 5.41) is 3.43. The quantitative estimate of drug-likeness (QED) is 0.586. The van der Waals surface area contributed by atoms with Gasteiger partial charge in [0.2, 0.25) is 0 Å². The van der Waals surface area contributed by atoms with E-state index in [0.29, 0.717) is 13.2 Å². The average Bonchev–Trinajstić information content (AvgIpc) is 2.64. The summed E-state index contributed by atoms with van der Waals surface area (Å²) in [6.07, 6.45) is 2.32. The maximum absolute atomic E-state index is 5.56. The van der Waals surface area contributed by atoms with Gasteiger partial charge in [0.1, 0.15) is 0 Å². The topological polar surface area (TPSA) is 37.0 Å². The normalized spacial score (nSPS) is 15.7. The molecule has 0 bridgehead atoms. The Morgan fingerprint density at radius 1 is 0.920 bits per heavy atom. The zero-order valence-corrected chi connectivity index (χ0v) is 16.0. The third-order valence-corrected chi connectivity index (χ3v) is 4.57. The van der Waals surface area contributed by atoms with Gasteiger partial charge >= 0.3 is 0 Å². The van der Waals surface area contributed by atoms with E-state index >= 15 is 0 Å². The molecule has 1 aliphatic heterocycles. The first-order valence-corrected chi connectivity index (χ1v) is 9.68. The van der Waals surface area contributed by atoms with E-state index in [1.165, 1.54) is 17.7 Å². The lowest BCUT2D eigenvalue weighted by atomic mass is 10.2. The molecule has 0 aromatic heterocycles. The monoisotopic (exact) mass is 349 g/mol. The number of hydrogen-bond donors (Lipinski definition) is 1. The van der Waals surface area contributed by atoms with Gasteiger partial charge in [-0.25, -0.2) is 0 Å². The van der Waals surface area contributed by atoms with E-state index in [2.05, 4.69) is 53.4 Å². The molecule has 1 fully saturated rings. The molecular formula is C20H35N3O2. The molecule has 1 saturated heterocycles. The predicted octanol–water partition coefficient (Wildman–Crippen LogP) is 2.36. The number of anilines is 1. The van der Waals surface area contributed by atoms with Crippen molar-refractivity contribution in [2.24, 2.45) is 0 Å². The number of nitrogens with one attached hydrogen (secondary N) is 1. The smallest absolute Gasteiger partial charge is 0.0701 e. The molecule has 2 rings (SSSR count). The first-order valence-electron chi connectivity index (χ1n) is 9.68. The number of likely N-dealkylation sites (N-methyl/N-ethyl adjacent to an activating group) is 1. The van der Waals surface area contributed by atoms with E-state index in [9.17, 15) is 0 Å². The molecule has 0 unspecified atom stereocenters. The van der Waals surface area contributed by atoms with Crippen LogP contribution in [0.3, 0.4) is 0 Å². The van der Waals surface area contributed by atoms with E-state index in [1.807, 2.05) is 0 Å². The molecule has 0 atom stereocenters. The van der Waals surface area contributed by atoms with E-state index in [-0.39, 0.29) is 0 Å². The van der Waals surface area contributed by atoms with Crippen LogP contribution >= 0.6 is 0 Å². The molecule has 0 amide bonds. The average molecular weight is 350 g/mol. The highest BCUT2D eigenvalue weighted by atomic mass is 16.5. The fraction of sp³-hybridized carbons (Fsp3) is 0.700. The van der Waals surface area contributed by atoms with Gasteiger partial charge in [-0.2, -0.15) is 0 Å². The van der Waals surface area contributed by atoms with Crippen LogP contribution in [0.4, 0.5) is 5.69 Å². The molecule has 0 spiro atoms. The van der Waals surface area contributed by atoms with Gasteiger partial charge in [0.25, 0.3) is 0 Å². The zero-order chi connectivity index (χ0) is 17.7. The highest BCUT2D eigenvalue weighted by Gasteiger charge is 2.13. The van der Waals surface area contributed by atoms with Crippen LogP contribution in [-0.2, 0) is 16.0 Å². The van der Waals surface area contributed by atoms with Gasteiger partial charge in [-0.1, -0.05) is 25.5 Å². The molecule has 0 aliphatic carbocycles. The van der Waals surface area contributed by atoms with Gasteiger partial charge in [0.05, 0.1) is 19.8 Å². The van der Waals surface area contributed by atoms with Crippen molar-refractivity contribution in [3.05, 3.63) is 29.8 Å². The minimum Gasteiger partial charge on any atom is -0.379 e. The summed E-state index contributed by atoms with van der Waals surface area (Å²) in [6.45, 7) is 11.4. The van der Waals surface area contributed by atoms with Crippen LogP contribution in [0, 0.1) is 0 Å². The molecule has 0 radical (unpaired) electrons. The van der Waals surface area contributed by atoms with Gasteiger partial charge in [-0.05, 0) is 31.2 Å². The van der Waals surface area contributed by atoms with Crippen LogP contribution in [-0.4, -0.2) is 71.1 Å². The second kappa shape index (κ2) is 12.3. The van der Waals surface area contributed by atoms with Crippen molar-refractivity contribution in [1.29, 1.82) is 0 Å². The molecule has 1 aromatic rings. The summed E-state index contributed by atoms with van der Waals surface area (Å²) in [6, 6.07) is 8.94. The number of piperazine rings is 1. The van der Waals surface area contributed by atoms with Crippen molar-refractivity contribution in [3.63, 3.8) is 0 Å². The molecule has 1 aromatic carbocycles. The molecule has 1 heterocycles. The van der Waals surface area contributed by atoms with Crippen molar-refractivity contribution in [2.45, 2.75) is 26.3 Å². The van der Waals surface area contributed by atoms with Crippen LogP contribution in [0.15, 0.2) is 24.3 Å². The lowest BCUT2D eigenvalue weighted by Crippen LogP contribution is -2.44. The second-order valence-corrected chi connectivity index (χ2v) is 6.71. The third kappa shape index (κ3) is 8.19. The zero-order valence-electron chi connectivity index (χ0n) is 16.0. The number of hydrogen-bond acceptors (Lipinski definition) is 5. The van der Waals surface area contributed by atoms with Crippen LogP contribution in [0.2, 0.25) is 0 Å². The molecule has 5 heteroatoms.